The minimum absolute atomic E-state index is 0.0769. The Labute approximate surface area is 164 Å². The predicted octanol–water partition coefficient (Wildman–Crippen LogP) is 0.882. The van der Waals surface area contributed by atoms with Crippen LogP contribution in [0.3, 0.4) is 0 Å². The Balaban J connectivity index is 1.31. The van der Waals surface area contributed by atoms with E-state index >= 15 is 0 Å². The molecule has 1 aromatic carbocycles. The molecule has 2 aromatic rings. The van der Waals surface area contributed by atoms with E-state index in [0.717, 1.165) is 44.2 Å². The summed E-state index contributed by atoms with van der Waals surface area (Å²) in [6.07, 6.45) is 2.17. The van der Waals surface area contributed by atoms with Crippen molar-refractivity contribution >= 4 is 17.6 Å². The number of carbonyl (C=O) groups is 2. The summed E-state index contributed by atoms with van der Waals surface area (Å²) in [5.41, 5.74) is 1.61. The summed E-state index contributed by atoms with van der Waals surface area (Å²) >= 11 is 0. The molecule has 0 saturated carbocycles. The number of amides is 2. The summed E-state index contributed by atoms with van der Waals surface area (Å²) in [6, 6.07) is 9.28. The smallest absolute Gasteiger partial charge is 0.251 e. The van der Waals surface area contributed by atoms with E-state index in [1.165, 1.54) is 0 Å². The van der Waals surface area contributed by atoms with Crippen LogP contribution in [0.15, 0.2) is 36.5 Å². The van der Waals surface area contributed by atoms with Crippen molar-refractivity contribution < 1.29 is 14.3 Å². The highest BCUT2D eigenvalue weighted by Crippen LogP contribution is 2.22. The number of nitrogens with one attached hydrogen (secondary N) is 1. The van der Waals surface area contributed by atoms with Crippen LogP contribution in [0.5, 0.6) is 0 Å². The summed E-state index contributed by atoms with van der Waals surface area (Å²) in [5.74, 6) is 0.839. The van der Waals surface area contributed by atoms with Gasteiger partial charge in [-0.05, 0) is 17.7 Å². The number of hydrogen-bond acceptors (Lipinski definition) is 5. The van der Waals surface area contributed by atoms with Crippen LogP contribution in [0.2, 0.25) is 0 Å². The summed E-state index contributed by atoms with van der Waals surface area (Å²) in [7, 11) is 0. The van der Waals surface area contributed by atoms with Gasteiger partial charge >= 0.3 is 0 Å². The maximum absolute atomic E-state index is 12.3. The predicted molar refractivity (Wildman–Crippen MR) is 104 cm³/mol. The van der Waals surface area contributed by atoms with Gasteiger partial charge in [-0.25, -0.2) is 4.68 Å². The first-order valence-electron chi connectivity index (χ1n) is 9.70. The molecular weight excluding hydrogens is 358 g/mol. The lowest BCUT2D eigenvalue weighted by molar-refractivity contribution is -0.119. The van der Waals surface area contributed by atoms with Crippen molar-refractivity contribution in [2.75, 3.05) is 44.3 Å². The quantitative estimate of drug-likeness (QED) is 0.801. The van der Waals surface area contributed by atoms with Gasteiger partial charge in [0, 0.05) is 44.2 Å². The number of hydrogen-bond donors (Lipinski definition) is 1. The second-order valence-electron chi connectivity index (χ2n) is 7.05. The number of morpholine rings is 1. The number of carbonyl (C=O) groups excluding carboxylic acids is 2. The van der Waals surface area contributed by atoms with Gasteiger partial charge in [0.1, 0.15) is 5.82 Å². The van der Waals surface area contributed by atoms with Gasteiger partial charge in [0.2, 0.25) is 5.91 Å². The SMILES string of the molecule is O=C(NCCN1CCOCC1)c1ccc(CN2C(=O)CCn3nccc32)cc1. The Morgan fingerprint density at radius 2 is 1.89 bits per heavy atom. The Bertz CT molecular complexity index is 827. The van der Waals surface area contributed by atoms with E-state index < -0.39 is 0 Å². The molecule has 1 fully saturated rings. The monoisotopic (exact) mass is 383 g/mol. The average Bonchev–Trinajstić information content (AvgIpc) is 3.20. The second kappa shape index (κ2) is 8.53. The van der Waals surface area contributed by atoms with Crippen molar-refractivity contribution in [2.24, 2.45) is 0 Å². The number of aryl methyl sites for hydroxylation is 1. The zero-order valence-corrected chi connectivity index (χ0v) is 15.8. The molecule has 2 aliphatic rings. The largest absolute Gasteiger partial charge is 0.379 e. The van der Waals surface area contributed by atoms with Gasteiger partial charge in [0.15, 0.2) is 0 Å². The standard InChI is InChI=1S/C20H25N5O3/c26-19-6-9-25-18(5-7-22-25)24(19)15-16-1-3-17(4-2-16)20(27)21-8-10-23-11-13-28-14-12-23/h1-5,7H,6,8-15H2,(H,21,27). The van der Waals surface area contributed by atoms with Crippen LogP contribution in [-0.4, -0.2) is 65.9 Å². The Kier molecular flexibility index (Phi) is 5.68. The first kappa shape index (κ1) is 18.6. The van der Waals surface area contributed by atoms with Crippen molar-refractivity contribution in [2.45, 2.75) is 19.5 Å². The molecule has 2 amide bonds. The molecule has 0 radical (unpaired) electrons. The summed E-state index contributed by atoms with van der Waals surface area (Å²) in [5, 5.41) is 7.21. The minimum Gasteiger partial charge on any atom is -0.379 e. The summed E-state index contributed by atoms with van der Waals surface area (Å²) < 4.78 is 7.17. The number of nitrogens with zero attached hydrogens (tertiary/aromatic N) is 4. The number of aromatic nitrogens is 2. The van der Waals surface area contributed by atoms with Crippen molar-refractivity contribution in [3.63, 3.8) is 0 Å². The highest BCUT2D eigenvalue weighted by Gasteiger charge is 2.24. The van der Waals surface area contributed by atoms with Crippen molar-refractivity contribution in [3.8, 4) is 0 Å². The maximum Gasteiger partial charge on any atom is 0.251 e. The average molecular weight is 383 g/mol. The number of fused-ring (bicyclic) bond motifs is 1. The van der Waals surface area contributed by atoms with E-state index in [1.54, 1.807) is 11.1 Å². The van der Waals surface area contributed by atoms with Gasteiger partial charge in [-0.2, -0.15) is 5.10 Å². The molecule has 4 rings (SSSR count). The van der Waals surface area contributed by atoms with Crippen molar-refractivity contribution in [1.29, 1.82) is 0 Å². The third kappa shape index (κ3) is 4.23. The molecule has 0 aliphatic carbocycles. The van der Waals surface area contributed by atoms with Crippen LogP contribution in [0.1, 0.15) is 22.3 Å². The fraction of sp³-hybridized carbons (Fsp3) is 0.450. The molecular formula is C20H25N5O3. The van der Waals surface area contributed by atoms with Gasteiger partial charge in [-0.3, -0.25) is 19.4 Å². The zero-order valence-electron chi connectivity index (χ0n) is 15.8. The summed E-state index contributed by atoms with van der Waals surface area (Å²) in [6.45, 7) is 5.90. The normalized spacial score (nSPS) is 17.4. The van der Waals surface area contributed by atoms with Gasteiger partial charge in [-0.15, -0.1) is 0 Å². The Morgan fingerprint density at radius 3 is 2.68 bits per heavy atom. The third-order valence-corrected chi connectivity index (χ3v) is 5.18. The lowest BCUT2D eigenvalue weighted by Gasteiger charge is -2.27. The van der Waals surface area contributed by atoms with E-state index in [9.17, 15) is 9.59 Å². The van der Waals surface area contributed by atoms with Crippen LogP contribution in [0.25, 0.3) is 0 Å². The topological polar surface area (TPSA) is 79.7 Å². The fourth-order valence-corrected chi connectivity index (χ4v) is 3.56. The second-order valence-corrected chi connectivity index (χ2v) is 7.05. The molecule has 0 atom stereocenters. The van der Waals surface area contributed by atoms with Gasteiger partial charge in [0.25, 0.3) is 5.91 Å². The van der Waals surface area contributed by atoms with Gasteiger partial charge < -0.3 is 10.1 Å². The highest BCUT2D eigenvalue weighted by atomic mass is 16.5. The molecule has 0 unspecified atom stereocenters. The minimum atomic E-state index is -0.0769. The van der Waals surface area contributed by atoms with Crippen LogP contribution in [0.4, 0.5) is 5.82 Å². The maximum atomic E-state index is 12.3. The first-order chi connectivity index (χ1) is 13.7. The Morgan fingerprint density at radius 1 is 1.11 bits per heavy atom. The van der Waals surface area contributed by atoms with Crippen LogP contribution in [0, 0.1) is 0 Å². The van der Waals surface area contributed by atoms with Crippen LogP contribution in [-0.2, 0) is 22.6 Å². The zero-order chi connectivity index (χ0) is 19.3. The van der Waals surface area contributed by atoms with Crippen molar-refractivity contribution in [3.05, 3.63) is 47.7 Å². The molecule has 1 saturated heterocycles. The van der Waals surface area contributed by atoms with E-state index in [-0.39, 0.29) is 11.8 Å². The highest BCUT2D eigenvalue weighted by molar-refractivity contribution is 5.95. The number of anilines is 1. The number of benzene rings is 1. The fourth-order valence-electron chi connectivity index (χ4n) is 3.56. The van der Waals surface area contributed by atoms with E-state index in [2.05, 4.69) is 15.3 Å². The molecule has 2 aliphatic heterocycles. The molecule has 28 heavy (non-hydrogen) atoms. The van der Waals surface area contributed by atoms with E-state index in [4.69, 9.17) is 4.74 Å². The first-order valence-corrected chi connectivity index (χ1v) is 9.70. The number of ether oxygens (including phenoxy) is 1. The van der Waals surface area contributed by atoms with E-state index in [0.29, 0.717) is 31.6 Å². The molecule has 8 nitrogen and oxygen atoms in total. The van der Waals surface area contributed by atoms with Crippen LogP contribution < -0.4 is 10.2 Å². The molecule has 0 spiro atoms. The molecule has 8 heteroatoms. The van der Waals surface area contributed by atoms with Crippen LogP contribution >= 0.6 is 0 Å². The third-order valence-electron chi connectivity index (χ3n) is 5.18. The van der Waals surface area contributed by atoms with E-state index in [1.807, 2.05) is 35.0 Å². The lowest BCUT2D eigenvalue weighted by Crippen LogP contribution is -2.41. The Hall–Kier alpha value is -2.71. The molecule has 148 valence electrons. The molecule has 0 bridgehead atoms. The summed E-state index contributed by atoms with van der Waals surface area (Å²) in [4.78, 5) is 28.7. The molecule has 1 N–H and O–H groups in total. The van der Waals surface area contributed by atoms with Gasteiger partial charge in [-0.1, -0.05) is 12.1 Å². The number of rotatable bonds is 6. The van der Waals surface area contributed by atoms with Crippen molar-refractivity contribution in [1.82, 2.24) is 20.0 Å². The molecule has 3 heterocycles. The lowest BCUT2D eigenvalue weighted by atomic mass is 10.1. The van der Waals surface area contributed by atoms with Gasteiger partial charge in [0.05, 0.1) is 32.5 Å². The molecule has 1 aromatic heterocycles.